The van der Waals surface area contributed by atoms with Crippen LogP contribution in [0.2, 0.25) is 0 Å². The van der Waals surface area contributed by atoms with Crippen molar-refractivity contribution in [2.45, 2.75) is 20.3 Å². The molecule has 20 heavy (non-hydrogen) atoms. The van der Waals surface area contributed by atoms with Crippen molar-refractivity contribution >= 4 is 5.71 Å². The number of rotatable bonds is 9. The Morgan fingerprint density at radius 3 is 2.50 bits per heavy atom. The lowest BCUT2D eigenvalue weighted by Crippen LogP contribution is -2.09. The highest BCUT2D eigenvalue weighted by Gasteiger charge is 1.99. The van der Waals surface area contributed by atoms with Gasteiger partial charge in [-0.25, -0.2) is 4.39 Å². The molecule has 0 amide bonds. The maximum Gasteiger partial charge on any atom is 0.122 e. The van der Waals surface area contributed by atoms with E-state index < -0.39 is 0 Å². The standard InChI is InChI=1S/C17H23FN2/c1-6-15(7-2)17(9-4)20-13-14(5)19-12-10-11-16(18)8-3/h6-8,10-12,19H,1,3,5,9,13H2,2,4H3/b12-10+,15-7+,16-11+,20-17?. The summed E-state index contributed by atoms with van der Waals surface area (Å²) in [5, 5.41) is 2.94. The third kappa shape index (κ3) is 7.31. The second kappa shape index (κ2) is 10.7. The Kier molecular flexibility index (Phi) is 9.57. The Labute approximate surface area is 121 Å². The van der Waals surface area contributed by atoms with Gasteiger partial charge in [0.15, 0.2) is 0 Å². The van der Waals surface area contributed by atoms with Crippen LogP contribution in [0.3, 0.4) is 0 Å². The first kappa shape index (κ1) is 17.8. The van der Waals surface area contributed by atoms with Crippen LogP contribution < -0.4 is 5.32 Å². The van der Waals surface area contributed by atoms with Crippen LogP contribution in [0.1, 0.15) is 20.3 Å². The van der Waals surface area contributed by atoms with Gasteiger partial charge in [-0.15, -0.1) is 0 Å². The molecule has 0 fully saturated rings. The number of allylic oxidation sites excluding steroid dienone is 7. The van der Waals surface area contributed by atoms with E-state index in [9.17, 15) is 4.39 Å². The molecule has 0 aliphatic rings. The van der Waals surface area contributed by atoms with E-state index >= 15 is 0 Å². The number of nitrogens with one attached hydrogen (secondary N) is 1. The molecule has 0 atom stereocenters. The number of hydrogen-bond acceptors (Lipinski definition) is 2. The summed E-state index contributed by atoms with van der Waals surface area (Å²) in [5.74, 6) is -0.385. The summed E-state index contributed by atoms with van der Waals surface area (Å²) in [7, 11) is 0. The van der Waals surface area contributed by atoms with Crippen molar-refractivity contribution in [3.63, 3.8) is 0 Å². The Morgan fingerprint density at radius 1 is 1.30 bits per heavy atom. The van der Waals surface area contributed by atoms with Gasteiger partial charge in [0.25, 0.3) is 0 Å². The molecule has 0 aliphatic heterocycles. The molecule has 0 aromatic carbocycles. The average molecular weight is 274 g/mol. The molecule has 108 valence electrons. The molecule has 1 N–H and O–H groups in total. The largest absolute Gasteiger partial charge is 0.364 e. The minimum absolute atomic E-state index is 0.385. The summed E-state index contributed by atoms with van der Waals surface area (Å²) in [4.78, 5) is 4.49. The van der Waals surface area contributed by atoms with Crippen molar-refractivity contribution in [2.75, 3.05) is 6.54 Å². The van der Waals surface area contributed by atoms with Crippen molar-refractivity contribution in [3.8, 4) is 0 Å². The first-order valence-electron chi connectivity index (χ1n) is 6.50. The van der Waals surface area contributed by atoms with Crippen molar-refractivity contribution in [1.82, 2.24) is 5.32 Å². The highest BCUT2D eigenvalue weighted by molar-refractivity contribution is 6.02. The number of aliphatic imine (C=N–C) groups is 1. The molecule has 0 rings (SSSR count). The summed E-state index contributed by atoms with van der Waals surface area (Å²) in [6.45, 7) is 15.4. The molecule has 0 aromatic heterocycles. The van der Waals surface area contributed by atoms with Crippen LogP contribution in [0.5, 0.6) is 0 Å². The van der Waals surface area contributed by atoms with Crippen molar-refractivity contribution in [3.05, 3.63) is 73.4 Å². The van der Waals surface area contributed by atoms with Gasteiger partial charge in [0.2, 0.25) is 0 Å². The fourth-order valence-corrected chi connectivity index (χ4v) is 1.42. The Bertz CT molecular complexity index is 465. The smallest absolute Gasteiger partial charge is 0.122 e. The molecule has 0 radical (unpaired) electrons. The van der Waals surface area contributed by atoms with E-state index in [4.69, 9.17) is 0 Å². The summed E-state index contributed by atoms with van der Waals surface area (Å²) in [6, 6.07) is 0. The van der Waals surface area contributed by atoms with E-state index in [1.165, 1.54) is 6.08 Å². The molecule has 0 bridgehead atoms. The Hall–Kier alpha value is -2.16. The summed E-state index contributed by atoms with van der Waals surface area (Å²) < 4.78 is 12.7. The summed E-state index contributed by atoms with van der Waals surface area (Å²) >= 11 is 0. The van der Waals surface area contributed by atoms with E-state index in [2.05, 4.69) is 30.0 Å². The van der Waals surface area contributed by atoms with Crippen LogP contribution in [0.15, 0.2) is 78.4 Å². The van der Waals surface area contributed by atoms with Gasteiger partial charge in [-0.3, -0.25) is 4.99 Å². The van der Waals surface area contributed by atoms with E-state index in [0.29, 0.717) is 6.54 Å². The quantitative estimate of drug-likeness (QED) is 0.481. The highest BCUT2D eigenvalue weighted by atomic mass is 19.1. The van der Waals surface area contributed by atoms with Gasteiger partial charge in [0.1, 0.15) is 5.83 Å². The van der Waals surface area contributed by atoms with Gasteiger partial charge in [-0.05, 0) is 37.1 Å². The maximum absolute atomic E-state index is 12.7. The van der Waals surface area contributed by atoms with Gasteiger partial charge in [0, 0.05) is 17.6 Å². The molecule has 0 heterocycles. The molecule has 0 aromatic rings. The minimum atomic E-state index is -0.385. The predicted octanol–water partition coefficient (Wildman–Crippen LogP) is 4.63. The second-order valence-corrected chi connectivity index (χ2v) is 3.93. The van der Waals surface area contributed by atoms with E-state index in [1.54, 1.807) is 18.4 Å². The van der Waals surface area contributed by atoms with Crippen molar-refractivity contribution in [1.29, 1.82) is 0 Å². The average Bonchev–Trinajstić information content (AvgIpc) is 2.47. The first-order valence-corrected chi connectivity index (χ1v) is 6.50. The van der Waals surface area contributed by atoms with Gasteiger partial charge >= 0.3 is 0 Å². The second-order valence-electron chi connectivity index (χ2n) is 3.93. The first-order chi connectivity index (χ1) is 9.58. The van der Waals surface area contributed by atoms with Crippen LogP contribution in [0, 0.1) is 0 Å². The lowest BCUT2D eigenvalue weighted by Gasteiger charge is -2.06. The SMILES string of the molecule is C=C/C(F)=C\C=C\NC(=C)CN=C(CC)/C(C=C)=C/C. The van der Waals surface area contributed by atoms with E-state index in [1.807, 2.05) is 19.9 Å². The van der Waals surface area contributed by atoms with Gasteiger partial charge < -0.3 is 5.32 Å². The zero-order valence-electron chi connectivity index (χ0n) is 12.3. The summed E-state index contributed by atoms with van der Waals surface area (Å²) in [6.07, 6.45) is 10.2. The van der Waals surface area contributed by atoms with Gasteiger partial charge in [-0.1, -0.05) is 38.8 Å². The lowest BCUT2D eigenvalue weighted by molar-refractivity contribution is 0.667. The third-order valence-corrected chi connectivity index (χ3v) is 2.49. The number of hydrogen-bond donors (Lipinski definition) is 1. The minimum Gasteiger partial charge on any atom is -0.364 e. The van der Waals surface area contributed by atoms with Crippen LogP contribution in [0.4, 0.5) is 4.39 Å². The molecule has 0 aliphatic carbocycles. The normalized spacial score (nSPS) is 13.4. The van der Waals surface area contributed by atoms with Crippen molar-refractivity contribution < 1.29 is 4.39 Å². The van der Waals surface area contributed by atoms with Crippen molar-refractivity contribution in [2.24, 2.45) is 4.99 Å². The molecule has 0 unspecified atom stereocenters. The van der Waals surface area contributed by atoms with E-state index in [-0.39, 0.29) is 5.83 Å². The maximum atomic E-state index is 12.7. The molecule has 0 saturated heterocycles. The van der Waals surface area contributed by atoms with Gasteiger partial charge in [0.05, 0.1) is 6.54 Å². The molecule has 2 nitrogen and oxygen atoms in total. The zero-order chi connectivity index (χ0) is 15.4. The molecular weight excluding hydrogens is 251 g/mol. The van der Waals surface area contributed by atoms with Gasteiger partial charge in [-0.2, -0.15) is 0 Å². The number of nitrogens with zero attached hydrogens (tertiary/aromatic N) is 1. The van der Waals surface area contributed by atoms with Crippen LogP contribution in [-0.4, -0.2) is 12.3 Å². The van der Waals surface area contributed by atoms with Crippen LogP contribution >= 0.6 is 0 Å². The fourth-order valence-electron chi connectivity index (χ4n) is 1.42. The van der Waals surface area contributed by atoms with Crippen LogP contribution in [-0.2, 0) is 0 Å². The topological polar surface area (TPSA) is 24.4 Å². The molecular formula is C17H23FN2. The Morgan fingerprint density at radius 2 is 2.00 bits per heavy atom. The van der Waals surface area contributed by atoms with Crippen LogP contribution in [0.25, 0.3) is 0 Å². The summed E-state index contributed by atoms with van der Waals surface area (Å²) in [5.41, 5.74) is 2.76. The fraction of sp³-hybridized carbons (Fsp3) is 0.235. The zero-order valence-corrected chi connectivity index (χ0v) is 12.3. The predicted molar refractivity (Wildman–Crippen MR) is 87.4 cm³/mol. The molecule has 3 heteroatoms. The monoisotopic (exact) mass is 274 g/mol. The molecule has 0 spiro atoms. The van der Waals surface area contributed by atoms with E-state index in [0.717, 1.165) is 29.5 Å². The molecule has 0 saturated carbocycles. The Balaban J connectivity index is 4.47. The highest BCUT2D eigenvalue weighted by Crippen LogP contribution is 2.04. The third-order valence-electron chi connectivity index (χ3n) is 2.49. The number of halogens is 1. The lowest BCUT2D eigenvalue weighted by atomic mass is 10.1.